The second-order valence-corrected chi connectivity index (χ2v) is 30.9. The van der Waals surface area contributed by atoms with Crippen molar-refractivity contribution in [2.75, 3.05) is 0 Å². The van der Waals surface area contributed by atoms with Crippen molar-refractivity contribution in [2.45, 2.75) is 6.92 Å². The Morgan fingerprint density at radius 2 is 0.636 bits per heavy atom. The molecule has 9 nitrogen and oxygen atoms in total. The van der Waals surface area contributed by atoms with Gasteiger partial charge in [0.25, 0.3) is 0 Å². The van der Waals surface area contributed by atoms with Crippen LogP contribution < -0.4 is 10.6 Å². The maximum Gasteiger partial charge on any atom is 0.131 e. The molecule has 24 aromatic rings. The van der Waals surface area contributed by atoms with E-state index in [0.717, 1.165) is 132 Å². The number of allylic oxidation sites excluding steroid dienone is 1. The third kappa shape index (κ3) is 8.55. The molecule has 0 bridgehead atoms. The summed E-state index contributed by atoms with van der Waals surface area (Å²) < 4.78 is 19.5. The fourth-order valence-electron chi connectivity index (χ4n) is 18.6. The molecule has 0 saturated carbocycles. The van der Waals surface area contributed by atoms with Crippen molar-refractivity contribution in [2.24, 2.45) is 0 Å². The van der Waals surface area contributed by atoms with Gasteiger partial charge in [-0.1, -0.05) is 189 Å². The minimum Gasteiger partial charge on any atom is -0.309 e. The van der Waals surface area contributed by atoms with Gasteiger partial charge in [-0.15, -0.1) is 22.7 Å². The molecule has 0 radical (unpaired) electrons. The Hall–Kier alpha value is -14.1. The fraction of sp³-hybridized carbons (Fsp3) is 0.0101. The molecule has 11 aromatic heterocycles. The lowest BCUT2D eigenvalue weighted by atomic mass is 10.0. The van der Waals surface area contributed by atoms with Gasteiger partial charge < -0.3 is 13.7 Å². The Balaban J connectivity index is 0.631. The minimum absolute atomic E-state index is 1.01. The molecule has 0 atom stereocenters. The summed E-state index contributed by atoms with van der Waals surface area (Å²) in [5.74, 6) is 0. The van der Waals surface area contributed by atoms with Gasteiger partial charge in [-0.3, -0.25) is 18.3 Å². The van der Waals surface area contributed by atoms with E-state index in [1.165, 1.54) is 90.5 Å². The van der Waals surface area contributed by atoms with Gasteiger partial charge in [0.2, 0.25) is 0 Å². The molecule has 0 aliphatic heterocycles. The van der Waals surface area contributed by atoms with Crippen molar-refractivity contribution >= 4 is 196 Å². The molecule has 13 aromatic carbocycles. The average molecular weight is 1440 g/mol. The van der Waals surface area contributed by atoms with Crippen LogP contribution >= 0.6 is 22.7 Å². The smallest absolute Gasteiger partial charge is 0.131 e. The van der Waals surface area contributed by atoms with Crippen molar-refractivity contribution in [1.29, 1.82) is 0 Å². The van der Waals surface area contributed by atoms with Crippen molar-refractivity contribution in [1.82, 2.24) is 41.9 Å². The van der Waals surface area contributed by atoms with Gasteiger partial charge in [0.1, 0.15) is 21.0 Å². The molecule has 514 valence electrons. The number of hydrogen-bond donors (Lipinski definition) is 0. The van der Waals surface area contributed by atoms with E-state index in [2.05, 4.69) is 373 Å². The number of fused-ring (bicyclic) bond motifs is 23. The van der Waals surface area contributed by atoms with Crippen LogP contribution in [0.4, 0.5) is 0 Å². The van der Waals surface area contributed by atoms with Crippen molar-refractivity contribution in [3.05, 3.63) is 345 Å². The van der Waals surface area contributed by atoms with Crippen LogP contribution in [0.15, 0.2) is 334 Å². The maximum atomic E-state index is 5.30. The molecular formula is C99H61N9S2. The van der Waals surface area contributed by atoms with Gasteiger partial charge in [-0.05, 0) is 164 Å². The van der Waals surface area contributed by atoms with Crippen molar-refractivity contribution in [3.63, 3.8) is 0 Å². The molecular weight excluding hydrogens is 1380 g/mol. The van der Waals surface area contributed by atoms with E-state index in [0.29, 0.717) is 0 Å². The first kappa shape index (κ1) is 61.1. The highest BCUT2D eigenvalue weighted by Crippen LogP contribution is 2.47. The van der Waals surface area contributed by atoms with E-state index >= 15 is 0 Å². The number of pyridine rings is 2. The number of para-hydroxylation sites is 8. The zero-order valence-electron chi connectivity index (χ0n) is 59.4. The van der Waals surface area contributed by atoms with Crippen LogP contribution in [0.25, 0.3) is 224 Å². The Kier molecular flexibility index (Phi) is 12.9. The summed E-state index contributed by atoms with van der Waals surface area (Å²) in [6.45, 7) is 6.31. The Morgan fingerprint density at radius 1 is 0.273 bits per heavy atom. The topological polar surface area (TPSA) is 60.3 Å². The van der Waals surface area contributed by atoms with E-state index < -0.39 is 0 Å². The Labute approximate surface area is 636 Å². The fourth-order valence-corrected chi connectivity index (χ4v) is 20.6. The summed E-state index contributed by atoms with van der Waals surface area (Å²) in [4.78, 5) is 12.5. The lowest BCUT2D eigenvalue weighted by molar-refractivity contribution is 1.01. The highest BCUT2D eigenvalue weighted by molar-refractivity contribution is 7.25. The quantitative estimate of drug-likeness (QED) is 0.145. The van der Waals surface area contributed by atoms with Crippen molar-refractivity contribution < 1.29 is 0 Å². The van der Waals surface area contributed by atoms with Crippen LogP contribution in [0.3, 0.4) is 0 Å². The summed E-state index contributed by atoms with van der Waals surface area (Å²) in [5, 5.41) is 20.2. The van der Waals surface area contributed by atoms with Gasteiger partial charge in [0, 0.05) is 124 Å². The summed E-state index contributed by atoms with van der Waals surface area (Å²) in [6.07, 6.45) is 10.4. The van der Waals surface area contributed by atoms with E-state index in [1.54, 1.807) is 22.7 Å². The highest BCUT2D eigenvalue weighted by atomic mass is 32.1. The number of hydrogen-bond acceptors (Lipinski definition) is 4. The predicted molar refractivity (Wildman–Crippen MR) is 465 cm³/mol. The van der Waals surface area contributed by atoms with E-state index in [1.807, 2.05) is 12.3 Å². The summed E-state index contributed by atoms with van der Waals surface area (Å²) in [6, 6.07) is 114. The van der Waals surface area contributed by atoms with Crippen LogP contribution in [-0.4, -0.2) is 41.9 Å². The van der Waals surface area contributed by atoms with Gasteiger partial charge in [0.15, 0.2) is 0 Å². The number of thiophene rings is 2. The van der Waals surface area contributed by atoms with E-state index in [9.17, 15) is 0 Å². The lowest BCUT2D eigenvalue weighted by Crippen LogP contribution is -2.28. The van der Waals surface area contributed by atoms with E-state index in [-0.39, 0.29) is 0 Å². The zero-order valence-corrected chi connectivity index (χ0v) is 61.0. The second-order valence-electron chi connectivity index (χ2n) is 28.8. The van der Waals surface area contributed by atoms with E-state index in [4.69, 9.17) is 9.97 Å². The molecule has 0 fully saturated rings. The normalized spacial score (nSPS) is 12.7. The van der Waals surface area contributed by atoms with Gasteiger partial charge >= 0.3 is 0 Å². The molecule has 0 unspecified atom stereocenters. The SMILES string of the molecule is C=C/C=c1\c(=C/C)n(-c2ccccc2)c2c1c1ccccc1n2-c1ccc2sc3ncc(-n4c5ccccc5c5cc(-n6c7ccccc7c7cc(-c8ccc9c%10c%11ccccc%11n(-c%11ccc%12sc%13ncc(-n%14c%15ccccc%15c%15ccccc%15%14)cc%13c%12c%11)c%10n(-c%10ccccc%10)c9c8)ccc76)ccc54)cc3c2c1. The molecule has 0 amide bonds. The third-order valence-corrected chi connectivity index (χ3v) is 25.3. The maximum absolute atomic E-state index is 5.30. The molecule has 0 spiro atoms. The van der Waals surface area contributed by atoms with Crippen LogP contribution in [-0.2, 0) is 0 Å². The first-order valence-corrected chi connectivity index (χ1v) is 39.0. The number of nitrogens with zero attached hydrogens (tertiary/aromatic N) is 9. The van der Waals surface area contributed by atoms with Gasteiger partial charge in [-0.25, -0.2) is 9.97 Å². The molecule has 110 heavy (non-hydrogen) atoms. The van der Waals surface area contributed by atoms with Crippen LogP contribution in [0.1, 0.15) is 6.92 Å². The first-order valence-electron chi connectivity index (χ1n) is 37.3. The minimum atomic E-state index is 1.01. The molecule has 0 saturated heterocycles. The van der Waals surface area contributed by atoms with Crippen LogP contribution in [0, 0.1) is 0 Å². The predicted octanol–water partition coefficient (Wildman–Crippen LogP) is 24.9. The number of aromatic nitrogens is 9. The highest BCUT2D eigenvalue weighted by Gasteiger charge is 2.27. The molecule has 24 rings (SSSR count). The second kappa shape index (κ2) is 23.2. The first-order chi connectivity index (χ1) is 54.5. The zero-order chi connectivity index (χ0) is 72.1. The molecule has 0 aliphatic rings. The van der Waals surface area contributed by atoms with Crippen LogP contribution in [0.2, 0.25) is 0 Å². The summed E-state index contributed by atoms with van der Waals surface area (Å²) in [7, 11) is 0. The largest absolute Gasteiger partial charge is 0.309 e. The van der Waals surface area contributed by atoms with Gasteiger partial charge in [-0.2, -0.15) is 0 Å². The molecule has 0 aliphatic carbocycles. The molecule has 11 heteroatoms. The summed E-state index contributed by atoms with van der Waals surface area (Å²) >= 11 is 3.50. The number of rotatable bonds is 9. The average Bonchev–Trinajstić information content (AvgIpc) is 1.54. The van der Waals surface area contributed by atoms with Gasteiger partial charge in [0.05, 0.1) is 78.8 Å². The number of benzene rings is 13. The van der Waals surface area contributed by atoms with Crippen LogP contribution in [0.5, 0.6) is 0 Å². The molecule has 11 heterocycles. The standard InChI is InChI=1S/C99H61N9S2/c1-3-23-72-82(4-2)105(61-24-7-5-8-25-61)98-94(72)73-32-15-21-38-87(73)107(98)64-43-48-92-78(53-64)81-56-67(58-101-97(81)110-92)104-86-37-20-14-31-71(86)77-52-63(42-47-90(77)104)102-85-36-19-13-30-70(85)76-50-59(41-46-89(76)102)60-40-45-75-91(51-60)106(62-26-9-6-10-27-62)99-95(75)74-33-16-22-39-88(74)108(99)65-44-49-93-79(54-65)80-55-66(57-100-96(80)109-93)103-83-34-17-11-28-68(83)69-29-12-18-35-84(69)103/h3-58H,1H2,2H3/b72-23+,82-4+. The Morgan fingerprint density at radius 3 is 1.16 bits per heavy atom. The molecule has 0 N–H and O–H groups in total. The lowest BCUT2D eigenvalue weighted by Gasteiger charge is -2.14. The summed E-state index contributed by atoms with van der Waals surface area (Å²) in [5.41, 5.74) is 22.4. The van der Waals surface area contributed by atoms with Crippen molar-refractivity contribution in [3.8, 4) is 50.9 Å². The Bertz CT molecular complexity index is 8210. The third-order valence-electron chi connectivity index (χ3n) is 23.1. The monoisotopic (exact) mass is 1440 g/mol.